The van der Waals surface area contributed by atoms with Crippen LogP contribution in [-0.2, 0) is 11.0 Å². The SMILES string of the molecule is CC(C)(C)S(=O)/N=C/C(F)F. The molecule has 0 aromatic carbocycles. The summed E-state index contributed by atoms with van der Waals surface area (Å²) >= 11 is 0. The molecule has 0 aliphatic carbocycles. The highest BCUT2D eigenvalue weighted by molar-refractivity contribution is 7.85. The van der Waals surface area contributed by atoms with E-state index in [-0.39, 0.29) is 0 Å². The van der Waals surface area contributed by atoms with Crippen LogP contribution in [0.4, 0.5) is 8.78 Å². The zero-order valence-corrected chi connectivity index (χ0v) is 7.49. The average molecular weight is 183 g/mol. The third-order valence-electron chi connectivity index (χ3n) is 0.793. The fourth-order valence-corrected chi connectivity index (χ4v) is 0.778. The Morgan fingerprint density at radius 3 is 2.18 bits per heavy atom. The highest BCUT2D eigenvalue weighted by Gasteiger charge is 2.18. The monoisotopic (exact) mass is 183 g/mol. The molecule has 0 aliphatic rings. The number of halogens is 2. The van der Waals surface area contributed by atoms with Gasteiger partial charge in [-0.2, -0.15) is 4.40 Å². The molecule has 0 bridgehead atoms. The molecule has 0 heterocycles. The first-order valence-corrected chi connectivity index (χ1v) is 4.19. The maximum atomic E-state index is 11.5. The van der Waals surface area contributed by atoms with Crippen molar-refractivity contribution in [1.29, 1.82) is 0 Å². The lowest BCUT2D eigenvalue weighted by molar-refractivity contribution is 0.232. The minimum Gasteiger partial charge on any atom is -0.234 e. The number of alkyl halides is 2. The highest BCUT2D eigenvalue weighted by Crippen LogP contribution is 2.11. The molecule has 0 aliphatic heterocycles. The van der Waals surface area contributed by atoms with Gasteiger partial charge >= 0.3 is 0 Å². The second-order valence-corrected chi connectivity index (χ2v) is 4.88. The van der Waals surface area contributed by atoms with E-state index in [1.165, 1.54) is 0 Å². The van der Waals surface area contributed by atoms with Crippen molar-refractivity contribution >= 4 is 17.2 Å². The lowest BCUT2D eigenvalue weighted by Gasteiger charge is -2.12. The van der Waals surface area contributed by atoms with Gasteiger partial charge in [0.1, 0.15) is 11.0 Å². The van der Waals surface area contributed by atoms with Crippen LogP contribution in [0.25, 0.3) is 0 Å². The molecule has 2 nitrogen and oxygen atoms in total. The second kappa shape index (κ2) is 3.90. The Morgan fingerprint density at radius 1 is 1.45 bits per heavy atom. The molecule has 5 heteroatoms. The first kappa shape index (κ1) is 10.7. The molecule has 66 valence electrons. The van der Waals surface area contributed by atoms with E-state index < -0.39 is 22.2 Å². The molecular formula is C6H11F2NOS. The molecular weight excluding hydrogens is 172 g/mol. The van der Waals surface area contributed by atoms with Crippen LogP contribution >= 0.6 is 0 Å². The van der Waals surface area contributed by atoms with Crippen molar-refractivity contribution in [3.05, 3.63) is 0 Å². The van der Waals surface area contributed by atoms with Crippen LogP contribution in [0.2, 0.25) is 0 Å². The highest BCUT2D eigenvalue weighted by atomic mass is 32.2. The Kier molecular flexibility index (Phi) is 3.78. The molecule has 0 radical (unpaired) electrons. The first-order valence-electron chi connectivity index (χ1n) is 3.08. The van der Waals surface area contributed by atoms with Gasteiger partial charge in [0.05, 0.1) is 11.0 Å². The van der Waals surface area contributed by atoms with Crippen molar-refractivity contribution in [3.8, 4) is 0 Å². The van der Waals surface area contributed by atoms with Crippen LogP contribution in [0, 0.1) is 0 Å². The van der Waals surface area contributed by atoms with Gasteiger partial charge in [-0.1, -0.05) is 0 Å². The van der Waals surface area contributed by atoms with Crippen LogP contribution in [0.15, 0.2) is 4.40 Å². The minimum atomic E-state index is -2.62. The molecule has 1 atom stereocenters. The van der Waals surface area contributed by atoms with E-state index in [0.717, 1.165) is 0 Å². The molecule has 0 amide bonds. The van der Waals surface area contributed by atoms with Crippen molar-refractivity contribution in [2.75, 3.05) is 0 Å². The van der Waals surface area contributed by atoms with Gasteiger partial charge in [-0.05, 0) is 20.8 Å². The maximum Gasteiger partial charge on any atom is 0.274 e. The number of rotatable bonds is 2. The van der Waals surface area contributed by atoms with Gasteiger partial charge in [-0.3, -0.25) is 0 Å². The Balaban J connectivity index is 4.09. The lowest BCUT2D eigenvalue weighted by atomic mass is 10.3. The standard InChI is InChI=1S/C6H11F2NOS/c1-6(2,3)11(10)9-4-5(7)8/h4-5H,1-3H3/b9-4+. The Bertz CT molecular complexity index is 174. The quantitative estimate of drug-likeness (QED) is 0.600. The van der Waals surface area contributed by atoms with Crippen molar-refractivity contribution in [2.45, 2.75) is 31.9 Å². The van der Waals surface area contributed by atoms with Gasteiger partial charge in [0.2, 0.25) is 0 Å². The first-order chi connectivity index (χ1) is 4.84. The van der Waals surface area contributed by atoms with E-state index in [4.69, 9.17) is 0 Å². The minimum absolute atomic E-state index is 0.404. The van der Waals surface area contributed by atoms with E-state index in [1.54, 1.807) is 20.8 Å². The summed E-state index contributed by atoms with van der Waals surface area (Å²) in [7, 11) is -1.57. The molecule has 0 rings (SSSR count). The van der Waals surface area contributed by atoms with Crippen molar-refractivity contribution in [2.24, 2.45) is 4.40 Å². The van der Waals surface area contributed by atoms with Gasteiger partial charge < -0.3 is 0 Å². The lowest BCUT2D eigenvalue weighted by Crippen LogP contribution is -2.20. The number of hydrogen-bond donors (Lipinski definition) is 0. The predicted octanol–water partition coefficient (Wildman–Crippen LogP) is 1.78. The smallest absolute Gasteiger partial charge is 0.234 e. The summed E-state index contributed by atoms with van der Waals surface area (Å²) in [5.41, 5.74) is 0. The molecule has 11 heavy (non-hydrogen) atoms. The molecule has 0 fully saturated rings. The Hall–Kier alpha value is -0.320. The van der Waals surface area contributed by atoms with E-state index in [0.29, 0.717) is 6.21 Å². The summed E-state index contributed by atoms with van der Waals surface area (Å²) in [5, 5.41) is 0. The Morgan fingerprint density at radius 2 is 1.91 bits per heavy atom. The van der Waals surface area contributed by atoms with Gasteiger partial charge in [-0.25, -0.2) is 13.0 Å². The van der Waals surface area contributed by atoms with Crippen LogP contribution in [0.1, 0.15) is 20.8 Å². The van der Waals surface area contributed by atoms with Crippen LogP contribution < -0.4 is 0 Å². The third kappa shape index (κ3) is 5.01. The van der Waals surface area contributed by atoms with E-state index in [2.05, 4.69) is 4.40 Å². The number of nitrogens with zero attached hydrogens (tertiary/aromatic N) is 1. The fraction of sp³-hybridized carbons (Fsp3) is 0.833. The molecule has 1 unspecified atom stereocenters. The van der Waals surface area contributed by atoms with Crippen LogP contribution in [0.5, 0.6) is 0 Å². The molecule has 0 saturated carbocycles. The molecule has 0 aromatic heterocycles. The van der Waals surface area contributed by atoms with Crippen molar-refractivity contribution < 1.29 is 13.0 Å². The summed E-state index contributed by atoms with van der Waals surface area (Å²) < 4.78 is 36.6. The number of hydrogen-bond acceptors (Lipinski definition) is 1. The van der Waals surface area contributed by atoms with Crippen LogP contribution in [0.3, 0.4) is 0 Å². The Labute approximate surface area is 67.3 Å². The van der Waals surface area contributed by atoms with E-state index in [1.807, 2.05) is 0 Å². The van der Waals surface area contributed by atoms with Gasteiger partial charge in [0, 0.05) is 0 Å². The molecule has 0 aromatic rings. The fourth-order valence-electron chi connectivity index (χ4n) is 0.259. The third-order valence-corrected chi connectivity index (χ3v) is 2.15. The molecule has 0 N–H and O–H groups in total. The summed E-state index contributed by atoms with van der Waals surface area (Å²) in [4.78, 5) is 0. The van der Waals surface area contributed by atoms with Gasteiger partial charge in [-0.15, -0.1) is 0 Å². The summed E-state index contributed by atoms with van der Waals surface area (Å²) in [6, 6.07) is 0. The van der Waals surface area contributed by atoms with Gasteiger partial charge in [0.15, 0.2) is 0 Å². The summed E-state index contributed by atoms with van der Waals surface area (Å²) in [6.45, 7) is 5.02. The predicted molar refractivity (Wildman–Crippen MR) is 42.4 cm³/mol. The normalized spacial score (nSPS) is 16.2. The largest absolute Gasteiger partial charge is 0.274 e. The summed E-state index contributed by atoms with van der Waals surface area (Å²) in [5.74, 6) is 0. The maximum absolute atomic E-state index is 11.5. The van der Waals surface area contributed by atoms with Crippen molar-refractivity contribution in [1.82, 2.24) is 0 Å². The van der Waals surface area contributed by atoms with Crippen LogP contribution in [-0.4, -0.2) is 21.6 Å². The van der Waals surface area contributed by atoms with Crippen molar-refractivity contribution in [3.63, 3.8) is 0 Å². The summed E-state index contributed by atoms with van der Waals surface area (Å²) in [6.07, 6.45) is -2.22. The van der Waals surface area contributed by atoms with E-state index in [9.17, 15) is 13.0 Å². The van der Waals surface area contributed by atoms with Gasteiger partial charge in [0.25, 0.3) is 6.43 Å². The molecule has 0 spiro atoms. The molecule has 0 saturated heterocycles. The second-order valence-electron chi connectivity index (χ2n) is 2.95. The zero-order valence-electron chi connectivity index (χ0n) is 6.67. The zero-order chi connectivity index (χ0) is 9.07. The average Bonchev–Trinajstić information content (AvgIpc) is 1.80. The topological polar surface area (TPSA) is 29.4 Å². The van der Waals surface area contributed by atoms with E-state index >= 15 is 0 Å².